The van der Waals surface area contributed by atoms with Crippen molar-refractivity contribution in [1.82, 2.24) is 19.8 Å². The molecule has 2 atom stereocenters. The van der Waals surface area contributed by atoms with E-state index in [0.717, 1.165) is 40.7 Å². The molecule has 3 aromatic rings. The van der Waals surface area contributed by atoms with E-state index in [9.17, 15) is 9.90 Å². The number of carboxylic acids is 1. The molecule has 0 spiro atoms. The molecule has 7 heteroatoms. The number of nitrogens with zero attached hydrogens (tertiary/aromatic N) is 3. The first kappa shape index (κ1) is 21.6. The topological polar surface area (TPSA) is 70.4 Å². The number of rotatable bonds is 5. The maximum Gasteiger partial charge on any atom is 0.335 e. The second-order valence-electron chi connectivity index (χ2n) is 8.99. The predicted octanol–water partition coefficient (Wildman–Crippen LogP) is 5.10. The van der Waals surface area contributed by atoms with Gasteiger partial charge in [0.15, 0.2) is 5.11 Å². The van der Waals surface area contributed by atoms with E-state index < -0.39 is 5.97 Å². The van der Waals surface area contributed by atoms with Gasteiger partial charge in [0, 0.05) is 29.3 Å². The van der Waals surface area contributed by atoms with Crippen LogP contribution in [0.1, 0.15) is 70.8 Å². The van der Waals surface area contributed by atoms with Gasteiger partial charge >= 0.3 is 5.97 Å². The van der Waals surface area contributed by atoms with E-state index in [-0.39, 0.29) is 17.6 Å². The van der Waals surface area contributed by atoms with Crippen molar-refractivity contribution in [2.45, 2.75) is 57.7 Å². The number of carboxylic acid groups (broad SMARTS) is 1. The fraction of sp³-hybridized carbons (Fsp3) is 0.346. The number of aromatic nitrogens is 2. The third-order valence-electron chi connectivity index (χ3n) is 7.01. The quantitative estimate of drug-likeness (QED) is 0.516. The highest BCUT2D eigenvalue weighted by molar-refractivity contribution is 7.80. The number of benzene rings is 1. The number of hydrogen-bond donors (Lipinski definition) is 2. The summed E-state index contributed by atoms with van der Waals surface area (Å²) in [7, 11) is 0. The van der Waals surface area contributed by atoms with Crippen molar-refractivity contribution in [2.75, 3.05) is 0 Å². The molecule has 1 saturated carbocycles. The van der Waals surface area contributed by atoms with E-state index in [1.54, 1.807) is 12.1 Å². The Balaban J connectivity index is 1.60. The van der Waals surface area contributed by atoms with Crippen LogP contribution < -0.4 is 5.32 Å². The molecular formula is C26H28N4O2S. The number of aryl methyl sites for hydroxylation is 1. The Morgan fingerprint density at radius 1 is 1.12 bits per heavy atom. The summed E-state index contributed by atoms with van der Waals surface area (Å²) in [5.74, 6) is -0.917. The molecule has 1 saturated heterocycles. The molecule has 0 bridgehead atoms. The summed E-state index contributed by atoms with van der Waals surface area (Å²) < 4.78 is 2.20. The third kappa shape index (κ3) is 3.80. The summed E-state index contributed by atoms with van der Waals surface area (Å²) in [6.07, 6.45) is 6.62. The first-order valence-electron chi connectivity index (χ1n) is 11.5. The normalized spacial score (nSPS) is 20.9. The van der Waals surface area contributed by atoms with E-state index in [2.05, 4.69) is 45.7 Å². The van der Waals surface area contributed by atoms with Crippen molar-refractivity contribution in [3.63, 3.8) is 0 Å². The second kappa shape index (κ2) is 8.63. The zero-order valence-corrected chi connectivity index (χ0v) is 19.7. The predicted molar refractivity (Wildman–Crippen MR) is 132 cm³/mol. The Hall–Kier alpha value is -3.19. The molecule has 1 aromatic carbocycles. The molecule has 5 rings (SSSR count). The summed E-state index contributed by atoms with van der Waals surface area (Å²) in [5.41, 5.74) is 5.70. The van der Waals surface area contributed by atoms with Crippen LogP contribution in [0.15, 0.2) is 54.7 Å². The van der Waals surface area contributed by atoms with E-state index in [4.69, 9.17) is 12.2 Å². The van der Waals surface area contributed by atoms with Gasteiger partial charge in [-0.2, -0.15) is 0 Å². The number of thiocarbonyl (C=S) groups is 1. The van der Waals surface area contributed by atoms with Gasteiger partial charge in [-0.15, -0.1) is 0 Å². The van der Waals surface area contributed by atoms with Gasteiger partial charge in [0.2, 0.25) is 0 Å². The van der Waals surface area contributed by atoms with Crippen LogP contribution in [0.5, 0.6) is 0 Å². The molecule has 170 valence electrons. The Kier molecular flexibility index (Phi) is 5.66. The minimum Gasteiger partial charge on any atom is -0.478 e. The average molecular weight is 461 g/mol. The molecule has 3 heterocycles. The fourth-order valence-corrected chi connectivity index (χ4v) is 5.90. The van der Waals surface area contributed by atoms with Crippen molar-refractivity contribution >= 4 is 23.3 Å². The Labute approximate surface area is 199 Å². The van der Waals surface area contributed by atoms with Crippen LogP contribution in [-0.2, 0) is 0 Å². The highest BCUT2D eigenvalue weighted by atomic mass is 32.1. The Bertz CT molecular complexity index is 1180. The van der Waals surface area contributed by atoms with Gasteiger partial charge in [0.05, 0.1) is 23.3 Å². The summed E-state index contributed by atoms with van der Waals surface area (Å²) >= 11 is 5.87. The zero-order chi connectivity index (χ0) is 23.1. The molecule has 0 radical (unpaired) electrons. The van der Waals surface area contributed by atoms with Gasteiger partial charge in [-0.3, -0.25) is 4.98 Å². The monoisotopic (exact) mass is 460 g/mol. The SMILES string of the molecule is Cc1cc([C@H]2[C@@H](c3ccccn3)NC(=S)N2C2CCCC2)c(C)n1-c1ccc(C(=O)O)cc1. The van der Waals surface area contributed by atoms with Crippen LogP contribution in [0, 0.1) is 13.8 Å². The minimum absolute atomic E-state index is 0.0253. The van der Waals surface area contributed by atoms with E-state index in [1.807, 2.05) is 30.5 Å². The van der Waals surface area contributed by atoms with Crippen LogP contribution in [0.25, 0.3) is 5.69 Å². The van der Waals surface area contributed by atoms with Gasteiger partial charge in [0.25, 0.3) is 0 Å². The number of aromatic carboxylic acids is 1. The van der Waals surface area contributed by atoms with Gasteiger partial charge < -0.3 is 19.9 Å². The van der Waals surface area contributed by atoms with Gasteiger partial charge in [-0.1, -0.05) is 18.9 Å². The van der Waals surface area contributed by atoms with Crippen LogP contribution in [0.2, 0.25) is 0 Å². The molecule has 2 aromatic heterocycles. The van der Waals surface area contributed by atoms with Crippen molar-refractivity contribution in [3.8, 4) is 5.69 Å². The lowest BCUT2D eigenvalue weighted by atomic mass is 9.95. The summed E-state index contributed by atoms with van der Waals surface area (Å²) in [6.45, 7) is 4.23. The second-order valence-corrected chi connectivity index (χ2v) is 9.37. The maximum absolute atomic E-state index is 11.3. The van der Waals surface area contributed by atoms with E-state index in [1.165, 1.54) is 18.4 Å². The standard InChI is InChI=1S/C26H28N4O2S/c1-16-15-21(17(2)29(16)20-12-10-18(11-13-20)25(31)32)24-23(22-9-5-6-14-27-22)28-26(33)30(24)19-7-3-4-8-19/h5-6,9-15,19,23-24H,3-4,7-8H2,1-2H3,(H,28,33)(H,31,32)/t23-,24+/m1/s1. The largest absolute Gasteiger partial charge is 0.478 e. The summed E-state index contributed by atoms with van der Waals surface area (Å²) in [4.78, 5) is 18.4. The van der Waals surface area contributed by atoms with Crippen molar-refractivity contribution < 1.29 is 9.90 Å². The summed E-state index contributed by atoms with van der Waals surface area (Å²) in [5, 5.41) is 13.6. The van der Waals surface area contributed by atoms with Crippen molar-refractivity contribution in [1.29, 1.82) is 0 Å². The lowest BCUT2D eigenvalue weighted by Crippen LogP contribution is -2.37. The van der Waals surface area contributed by atoms with Crippen LogP contribution in [0.3, 0.4) is 0 Å². The molecule has 6 nitrogen and oxygen atoms in total. The molecule has 1 aliphatic carbocycles. The highest BCUT2D eigenvalue weighted by Crippen LogP contribution is 2.44. The molecule has 2 N–H and O–H groups in total. The third-order valence-corrected chi connectivity index (χ3v) is 7.34. The van der Waals surface area contributed by atoms with Crippen LogP contribution in [-0.4, -0.2) is 36.7 Å². The first-order chi connectivity index (χ1) is 16.0. The molecular weight excluding hydrogens is 432 g/mol. The van der Waals surface area contributed by atoms with Crippen molar-refractivity contribution in [2.24, 2.45) is 0 Å². The number of hydrogen-bond acceptors (Lipinski definition) is 3. The number of pyridine rings is 1. The zero-order valence-electron chi connectivity index (χ0n) is 18.9. The fourth-order valence-electron chi connectivity index (χ4n) is 5.51. The molecule has 33 heavy (non-hydrogen) atoms. The molecule has 0 amide bonds. The maximum atomic E-state index is 11.3. The molecule has 2 fully saturated rings. The first-order valence-corrected chi connectivity index (χ1v) is 11.9. The molecule has 0 unspecified atom stereocenters. The molecule has 2 aliphatic rings. The van der Waals surface area contributed by atoms with Crippen LogP contribution in [0.4, 0.5) is 0 Å². The smallest absolute Gasteiger partial charge is 0.335 e. The van der Waals surface area contributed by atoms with Gasteiger partial charge in [-0.05, 0) is 86.9 Å². The van der Waals surface area contributed by atoms with Crippen LogP contribution >= 0.6 is 12.2 Å². The van der Waals surface area contributed by atoms with E-state index >= 15 is 0 Å². The lowest BCUT2D eigenvalue weighted by molar-refractivity contribution is 0.0697. The minimum atomic E-state index is -0.917. The number of nitrogens with one attached hydrogen (secondary N) is 1. The Morgan fingerprint density at radius 3 is 2.48 bits per heavy atom. The van der Waals surface area contributed by atoms with E-state index in [0.29, 0.717) is 6.04 Å². The summed E-state index contributed by atoms with van der Waals surface area (Å²) in [6, 6.07) is 15.8. The Morgan fingerprint density at radius 2 is 1.85 bits per heavy atom. The average Bonchev–Trinajstić information content (AvgIpc) is 3.52. The van der Waals surface area contributed by atoms with Gasteiger partial charge in [-0.25, -0.2) is 4.79 Å². The molecule has 1 aliphatic heterocycles. The van der Waals surface area contributed by atoms with Crippen molar-refractivity contribution in [3.05, 3.63) is 82.9 Å². The highest BCUT2D eigenvalue weighted by Gasteiger charge is 2.44. The lowest BCUT2D eigenvalue weighted by Gasteiger charge is -2.33. The van der Waals surface area contributed by atoms with Gasteiger partial charge in [0.1, 0.15) is 0 Å². The number of carbonyl (C=O) groups is 1.